The molecule has 3 aliphatic carbocycles. The highest BCUT2D eigenvalue weighted by Gasteiger charge is 2.63. The Labute approximate surface area is 78.9 Å². The number of hydrogen-bond acceptors (Lipinski definition) is 3. The molecule has 0 amide bonds. The Bertz CT molecular complexity index is 229. The van der Waals surface area contributed by atoms with E-state index in [0.29, 0.717) is 12.3 Å². The lowest BCUT2D eigenvalue weighted by molar-refractivity contribution is -0.248. The second kappa shape index (κ2) is 2.47. The van der Waals surface area contributed by atoms with E-state index in [2.05, 4.69) is 13.8 Å². The van der Waals surface area contributed by atoms with Crippen LogP contribution in [0.15, 0.2) is 0 Å². The zero-order valence-corrected chi connectivity index (χ0v) is 8.33. The third-order valence-electron chi connectivity index (χ3n) is 4.49. The normalized spacial score (nSPS) is 52.8. The highest BCUT2D eigenvalue weighted by atomic mass is 16.3. The van der Waals surface area contributed by atoms with E-state index in [1.807, 2.05) is 0 Å². The third kappa shape index (κ3) is 0.953. The lowest BCUT2D eigenvalue weighted by Crippen LogP contribution is -2.70. The van der Waals surface area contributed by atoms with E-state index < -0.39 is 11.7 Å². The number of aliphatic hydroxyl groups excluding tert-OH is 1. The van der Waals surface area contributed by atoms with Crippen LogP contribution in [0.5, 0.6) is 0 Å². The van der Waals surface area contributed by atoms with Gasteiger partial charge >= 0.3 is 0 Å². The molecule has 0 aliphatic heterocycles. The highest BCUT2D eigenvalue weighted by Crippen LogP contribution is 2.62. The predicted molar refractivity (Wildman–Crippen MR) is 50.0 cm³/mol. The molecule has 4 N–H and O–H groups in total. The van der Waals surface area contributed by atoms with E-state index in [4.69, 9.17) is 5.73 Å². The maximum atomic E-state index is 10.2. The molecule has 4 atom stereocenters. The topological polar surface area (TPSA) is 66.5 Å². The minimum Gasteiger partial charge on any atom is -0.390 e. The van der Waals surface area contributed by atoms with Crippen LogP contribution in [-0.2, 0) is 0 Å². The van der Waals surface area contributed by atoms with Crippen LogP contribution in [-0.4, -0.2) is 28.5 Å². The van der Waals surface area contributed by atoms with Crippen molar-refractivity contribution in [3.63, 3.8) is 0 Å². The molecule has 3 rings (SSSR count). The van der Waals surface area contributed by atoms with Gasteiger partial charge in [0.15, 0.2) is 0 Å². The van der Waals surface area contributed by atoms with E-state index in [1.54, 1.807) is 0 Å². The van der Waals surface area contributed by atoms with Crippen molar-refractivity contribution < 1.29 is 10.2 Å². The lowest BCUT2D eigenvalue weighted by atomic mass is 9.43. The molecule has 0 radical (unpaired) electrons. The molecule has 3 heteroatoms. The van der Waals surface area contributed by atoms with Crippen LogP contribution in [0.2, 0.25) is 0 Å². The van der Waals surface area contributed by atoms with Crippen LogP contribution < -0.4 is 5.73 Å². The van der Waals surface area contributed by atoms with Gasteiger partial charge in [0.2, 0.25) is 0 Å². The fourth-order valence-electron chi connectivity index (χ4n) is 3.25. The Hall–Kier alpha value is -0.120. The molecule has 3 nitrogen and oxygen atoms in total. The molecule has 0 saturated heterocycles. The Morgan fingerprint density at radius 3 is 2.38 bits per heavy atom. The summed E-state index contributed by atoms with van der Waals surface area (Å²) >= 11 is 0. The van der Waals surface area contributed by atoms with E-state index >= 15 is 0 Å². The summed E-state index contributed by atoms with van der Waals surface area (Å²) in [6, 6.07) is 0. The Balaban J connectivity index is 2.27. The molecule has 3 fully saturated rings. The van der Waals surface area contributed by atoms with Gasteiger partial charge in [-0.2, -0.15) is 0 Å². The van der Waals surface area contributed by atoms with Gasteiger partial charge in [0.25, 0.3) is 0 Å². The van der Waals surface area contributed by atoms with Crippen molar-refractivity contribution in [2.24, 2.45) is 23.0 Å². The summed E-state index contributed by atoms with van der Waals surface area (Å²) in [6.07, 6.45) is 1.11. The van der Waals surface area contributed by atoms with Gasteiger partial charge < -0.3 is 15.9 Å². The molecule has 0 heterocycles. The van der Waals surface area contributed by atoms with Crippen molar-refractivity contribution in [2.45, 2.75) is 38.4 Å². The highest BCUT2D eigenvalue weighted by molar-refractivity contribution is 5.14. The smallest absolute Gasteiger partial charge is 0.106 e. The zero-order chi connectivity index (χ0) is 9.85. The number of aliphatic hydroxyl groups is 2. The van der Waals surface area contributed by atoms with Crippen LogP contribution >= 0.6 is 0 Å². The molecule has 13 heavy (non-hydrogen) atoms. The van der Waals surface area contributed by atoms with Crippen LogP contribution in [0, 0.1) is 17.3 Å². The van der Waals surface area contributed by atoms with Crippen LogP contribution in [0.4, 0.5) is 0 Å². The molecule has 3 saturated carbocycles. The van der Waals surface area contributed by atoms with E-state index in [0.717, 1.165) is 6.42 Å². The molecule has 0 aromatic rings. The average Bonchev–Trinajstić information content (AvgIpc) is 2.08. The quantitative estimate of drug-likeness (QED) is 0.543. The standard InChI is InChI=1S/C10H19NO2/c1-9(2)6-3-7(9)10(13,5-11)8(12)4-6/h6-8,12-13H,3-5,11H2,1-2H3/t6-,7-,8+,10-/m0/s1. The number of nitrogens with two attached hydrogens (primary N) is 1. The summed E-state index contributed by atoms with van der Waals surface area (Å²) in [5.41, 5.74) is 4.68. The van der Waals surface area contributed by atoms with Crippen molar-refractivity contribution in [3.05, 3.63) is 0 Å². The molecular formula is C10H19NO2. The molecule has 0 spiro atoms. The van der Waals surface area contributed by atoms with Crippen molar-refractivity contribution in [1.29, 1.82) is 0 Å². The third-order valence-corrected chi connectivity index (χ3v) is 4.49. The molecular weight excluding hydrogens is 166 g/mol. The van der Waals surface area contributed by atoms with Gasteiger partial charge in [0, 0.05) is 6.54 Å². The monoisotopic (exact) mass is 185 g/mol. The van der Waals surface area contributed by atoms with Gasteiger partial charge in [0.05, 0.1) is 6.10 Å². The molecule has 0 unspecified atom stereocenters. The minimum atomic E-state index is -1.03. The van der Waals surface area contributed by atoms with Crippen LogP contribution in [0.3, 0.4) is 0 Å². The molecule has 0 aromatic carbocycles. The predicted octanol–water partition coefficient (Wildman–Crippen LogP) is 0.103. The SMILES string of the molecule is CC1(C)[C@@H]2C[C@@H](O)[C@](O)(CN)[C@H]1C2. The van der Waals surface area contributed by atoms with E-state index in [-0.39, 0.29) is 17.9 Å². The fraction of sp³-hybridized carbons (Fsp3) is 1.00. The van der Waals surface area contributed by atoms with Gasteiger partial charge in [-0.25, -0.2) is 0 Å². The van der Waals surface area contributed by atoms with Crippen LogP contribution in [0.25, 0.3) is 0 Å². The first-order valence-electron chi connectivity index (χ1n) is 5.03. The molecule has 0 aromatic heterocycles. The van der Waals surface area contributed by atoms with Gasteiger partial charge in [-0.1, -0.05) is 13.8 Å². The molecule has 76 valence electrons. The average molecular weight is 185 g/mol. The second-order valence-electron chi connectivity index (χ2n) is 5.25. The van der Waals surface area contributed by atoms with Crippen molar-refractivity contribution in [1.82, 2.24) is 0 Å². The van der Waals surface area contributed by atoms with Crippen molar-refractivity contribution in [2.75, 3.05) is 6.54 Å². The maximum Gasteiger partial charge on any atom is 0.106 e. The maximum absolute atomic E-state index is 10.2. The Kier molecular flexibility index (Phi) is 1.79. The van der Waals surface area contributed by atoms with Crippen molar-refractivity contribution >= 4 is 0 Å². The van der Waals surface area contributed by atoms with Gasteiger partial charge in [-0.3, -0.25) is 0 Å². The molecule has 2 bridgehead atoms. The first-order chi connectivity index (χ1) is 5.93. The first-order valence-corrected chi connectivity index (χ1v) is 5.03. The zero-order valence-electron chi connectivity index (χ0n) is 8.33. The summed E-state index contributed by atoms with van der Waals surface area (Å²) in [5, 5.41) is 19.9. The second-order valence-corrected chi connectivity index (χ2v) is 5.25. The summed E-state index contributed by atoms with van der Waals surface area (Å²) in [6.45, 7) is 4.51. The molecule has 3 aliphatic rings. The summed E-state index contributed by atoms with van der Waals surface area (Å²) < 4.78 is 0. The summed E-state index contributed by atoms with van der Waals surface area (Å²) in [5.74, 6) is 0.748. The lowest BCUT2D eigenvalue weighted by Gasteiger charge is -2.64. The Morgan fingerprint density at radius 2 is 2.00 bits per heavy atom. The first kappa shape index (κ1) is 9.44. The number of rotatable bonds is 1. The van der Waals surface area contributed by atoms with Gasteiger partial charge in [0.1, 0.15) is 5.60 Å². The minimum absolute atomic E-state index is 0.160. The summed E-state index contributed by atoms with van der Waals surface area (Å²) in [7, 11) is 0. The fourth-order valence-corrected chi connectivity index (χ4v) is 3.25. The number of hydrogen-bond donors (Lipinski definition) is 3. The summed E-state index contributed by atoms with van der Waals surface area (Å²) in [4.78, 5) is 0. The van der Waals surface area contributed by atoms with E-state index in [1.165, 1.54) is 0 Å². The Morgan fingerprint density at radius 1 is 1.38 bits per heavy atom. The van der Waals surface area contributed by atoms with E-state index in [9.17, 15) is 10.2 Å². The number of fused-ring (bicyclic) bond motifs is 2. The van der Waals surface area contributed by atoms with Crippen molar-refractivity contribution in [3.8, 4) is 0 Å². The largest absolute Gasteiger partial charge is 0.390 e. The van der Waals surface area contributed by atoms with Gasteiger partial charge in [-0.15, -0.1) is 0 Å². The van der Waals surface area contributed by atoms with Crippen LogP contribution in [0.1, 0.15) is 26.7 Å². The van der Waals surface area contributed by atoms with Gasteiger partial charge in [-0.05, 0) is 30.1 Å².